The first-order valence-electron chi connectivity index (χ1n) is 5.50. The van der Waals surface area contributed by atoms with Crippen LogP contribution in [0, 0.1) is 0 Å². The predicted molar refractivity (Wildman–Crippen MR) is 65.6 cm³/mol. The first-order valence-corrected chi connectivity index (χ1v) is 6.38. The van der Waals surface area contributed by atoms with Crippen molar-refractivity contribution in [2.24, 2.45) is 0 Å². The molecule has 1 N–H and O–H groups in total. The summed E-state index contributed by atoms with van der Waals surface area (Å²) in [5, 5.41) is 6.76. The highest BCUT2D eigenvalue weighted by atomic mass is 32.1. The van der Waals surface area contributed by atoms with Crippen LogP contribution in [0.25, 0.3) is 11.3 Å². The van der Waals surface area contributed by atoms with Crippen molar-refractivity contribution in [1.29, 1.82) is 0 Å². The molecule has 16 heavy (non-hydrogen) atoms. The standard InChI is InChI=1S/C12H13N3S/c1-2-9(6-13-4-1)11-8-16-12(15-11)10-3-5-14-7-10/h1-2,4,6,8,10,14H,3,5,7H2. The first-order chi connectivity index (χ1) is 7.93. The van der Waals surface area contributed by atoms with Crippen molar-refractivity contribution in [2.75, 3.05) is 13.1 Å². The van der Waals surface area contributed by atoms with E-state index in [1.54, 1.807) is 17.5 Å². The maximum atomic E-state index is 4.70. The second-order valence-corrected chi connectivity index (χ2v) is 4.89. The van der Waals surface area contributed by atoms with Gasteiger partial charge >= 0.3 is 0 Å². The van der Waals surface area contributed by atoms with Gasteiger partial charge in [0.05, 0.1) is 10.7 Å². The number of nitrogens with one attached hydrogen (secondary N) is 1. The van der Waals surface area contributed by atoms with E-state index in [0.29, 0.717) is 5.92 Å². The molecule has 0 aliphatic carbocycles. The minimum Gasteiger partial charge on any atom is -0.316 e. The van der Waals surface area contributed by atoms with Crippen LogP contribution in [0.5, 0.6) is 0 Å². The molecule has 0 radical (unpaired) electrons. The number of hydrogen-bond acceptors (Lipinski definition) is 4. The fourth-order valence-electron chi connectivity index (χ4n) is 1.99. The Labute approximate surface area is 98.6 Å². The zero-order valence-electron chi connectivity index (χ0n) is 8.89. The average molecular weight is 231 g/mol. The van der Waals surface area contributed by atoms with E-state index >= 15 is 0 Å². The topological polar surface area (TPSA) is 37.8 Å². The molecule has 3 nitrogen and oxygen atoms in total. The van der Waals surface area contributed by atoms with Crippen LogP contribution < -0.4 is 5.32 Å². The lowest BCUT2D eigenvalue weighted by atomic mass is 10.1. The number of aromatic nitrogens is 2. The van der Waals surface area contributed by atoms with Crippen molar-refractivity contribution < 1.29 is 0 Å². The fourth-order valence-corrected chi connectivity index (χ4v) is 2.95. The van der Waals surface area contributed by atoms with Gasteiger partial charge in [-0.15, -0.1) is 11.3 Å². The molecule has 0 saturated carbocycles. The van der Waals surface area contributed by atoms with Gasteiger partial charge < -0.3 is 5.32 Å². The van der Waals surface area contributed by atoms with Gasteiger partial charge in [0, 0.05) is 35.8 Å². The molecule has 1 aliphatic heterocycles. The van der Waals surface area contributed by atoms with Crippen LogP contribution in [0.1, 0.15) is 17.3 Å². The summed E-state index contributed by atoms with van der Waals surface area (Å²) in [6.07, 6.45) is 4.86. The van der Waals surface area contributed by atoms with Gasteiger partial charge in [0.25, 0.3) is 0 Å². The monoisotopic (exact) mass is 231 g/mol. The van der Waals surface area contributed by atoms with E-state index in [2.05, 4.69) is 21.7 Å². The minimum atomic E-state index is 0.607. The number of rotatable bonds is 2. The third kappa shape index (κ3) is 1.86. The molecule has 0 amide bonds. The lowest BCUT2D eigenvalue weighted by molar-refractivity contribution is 0.756. The minimum absolute atomic E-state index is 0.607. The molecule has 0 aromatic carbocycles. The second kappa shape index (κ2) is 4.31. The van der Waals surface area contributed by atoms with Gasteiger partial charge in [-0.25, -0.2) is 4.98 Å². The molecule has 0 spiro atoms. The molecule has 1 unspecified atom stereocenters. The van der Waals surface area contributed by atoms with Crippen LogP contribution in [-0.2, 0) is 0 Å². The SMILES string of the molecule is c1cncc(-c2csc(C3CCNC3)n2)c1. The summed E-state index contributed by atoms with van der Waals surface area (Å²) in [5.74, 6) is 0.607. The number of thiazole rings is 1. The predicted octanol–water partition coefficient (Wildman–Crippen LogP) is 2.28. The Balaban J connectivity index is 1.87. The second-order valence-electron chi connectivity index (χ2n) is 4.00. The van der Waals surface area contributed by atoms with Gasteiger partial charge in [0.2, 0.25) is 0 Å². The molecule has 82 valence electrons. The molecule has 2 aromatic rings. The molecule has 1 saturated heterocycles. The molecule has 3 heterocycles. The van der Waals surface area contributed by atoms with Crippen molar-refractivity contribution in [2.45, 2.75) is 12.3 Å². The van der Waals surface area contributed by atoms with E-state index in [4.69, 9.17) is 4.98 Å². The molecule has 1 fully saturated rings. The summed E-state index contributed by atoms with van der Waals surface area (Å²) in [6.45, 7) is 2.19. The average Bonchev–Trinajstić information content (AvgIpc) is 3.01. The zero-order chi connectivity index (χ0) is 10.8. The van der Waals surface area contributed by atoms with Crippen molar-refractivity contribution >= 4 is 11.3 Å². The molecule has 1 atom stereocenters. The van der Waals surface area contributed by atoms with Gasteiger partial charge in [0.15, 0.2) is 0 Å². The molecule has 4 heteroatoms. The highest BCUT2D eigenvalue weighted by molar-refractivity contribution is 7.10. The summed E-state index contributed by atoms with van der Waals surface area (Å²) in [7, 11) is 0. The van der Waals surface area contributed by atoms with Crippen LogP contribution in [0.4, 0.5) is 0 Å². The number of nitrogens with zero attached hydrogens (tertiary/aromatic N) is 2. The molecular weight excluding hydrogens is 218 g/mol. The van der Waals surface area contributed by atoms with Crippen molar-refractivity contribution in [1.82, 2.24) is 15.3 Å². The summed E-state index contributed by atoms with van der Waals surface area (Å²) in [4.78, 5) is 8.82. The summed E-state index contributed by atoms with van der Waals surface area (Å²) >= 11 is 1.76. The molecule has 3 rings (SSSR count). The van der Waals surface area contributed by atoms with Gasteiger partial charge in [0.1, 0.15) is 0 Å². The third-order valence-electron chi connectivity index (χ3n) is 2.89. The Morgan fingerprint density at radius 2 is 2.44 bits per heavy atom. The maximum absolute atomic E-state index is 4.70. The van der Waals surface area contributed by atoms with E-state index in [1.165, 1.54) is 11.4 Å². The van der Waals surface area contributed by atoms with Crippen LogP contribution in [0.3, 0.4) is 0 Å². The van der Waals surface area contributed by atoms with Gasteiger partial charge in [-0.1, -0.05) is 0 Å². The van der Waals surface area contributed by atoms with Crippen LogP contribution in [-0.4, -0.2) is 23.1 Å². The molecule has 0 bridgehead atoms. The third-order valence-corrected chi connectivity index (χ3v) is 3.90. The van der Waals surface area contributed by atoms with E-state index in [-0.39, 0.29) is 0 Å². The van der Waals surface area contributed by atoms with E-state index in [9.17, 15) is 0 Å². The largest absolute Gasteiger partial charge is 0.316 e. The zero-order valence-corrected chi connectivity index (χ0v) is 9.70. The Morgan fingerprint density at radius 1 is 1.44 bits per heavy atom. The lowest BCUT2D eigenvalue weighted by Gasteiger charge is -2.01. The van der Waals surface area contributed by atoms with Crippen molar-refractivity contribution in [3.8, 4) is 11.3 Å². The van der Waals surface area contributed by atoms with Gasteiger partial charge in [-0.05, 0) is 25.1 Å². The van der Waals surface area contributed by atoms with E-state index in [0.717, 1.165) is 24.3 Å². The van der Waals surface area contributed by atoms with Crippen molar-refractivity contribution in [3.63, 3.8) is 0 Å². The molecule has 2 aromatic heterocycles. The summed E-state index contributed by atoms with van der Waals surface area (Å²) in [6, 6.07) is 4.00. The van der Waals surface area contributed by atoms with Crippen molar-refractivity contribution in [3.05, 3.63) is 34.9 Å². The first kappa shape index (κ1) is 9.93. The summed E-state index contributed by atoms with van der Waals surface area (Å²) in [5.41, 5.74) is 2.16. The number of pyridine rings is 1. The molecule has 1 aliphatic rings. The Kier molecular flexibility index (Phi) is 2.68. The van der Waals surface area contributed by atoms with Crippen LogP contribution in [0.2, 0.25) is 0 Å². The highest BCUT2D eigenvalue weighted by Crippen LogP contribution is 2.29. The summed E-state index contributed by atoms with van der Waals surface area (Å²) < 4.78 is 0. The Morgan fingerprint density at radius 3 is 3.19 bits per heavy atom. The quantitative estimate of drug-likeness (QED) is 0.861. The Hall–Kier alpha value is -1.26. The molecular formula is C12H13N3S. The van der Waals surface area contributed by atoms with Crippen LogP contribution in [0.15, 0.2) is 29.9 Å². The highest BCUT2D eigenvalue weighted by Gasteiger charge is 2.19. The van der Waals surface area contributed by atoms with E-state index < -0.39 is 0 Å². The lowest BCUT2D eigenvalue weighted by Crippen LogP contribution is -2.07. The normalized spacial score (nSPS) is 20.1. The maximum Gasteiger partial charge on any atom is 0.0976 e. The number of hydrogen-bond donors (Lipinski definition) is 1. The van der Waals surface area contributed by atoms with Gasteiger partial charge in [-0.2, -0.15) is 0 Å². The van der Waals surface area contributed by atoms with Gasteiger partial charge in [-0.3, -0.25) is 4.98 Å². The van der Waals surface area contributed by atoms with Crippen LogP contribution >= 0.6 is 11.3 Å². The van der Waals surface area contributed by atoms with E-state index in [1.807, 2.05) is 12.3 Å². The Bertz CT molecular complexity index is 460. The smallest absolute Gasteiger partial charge is 0.0976 e. The fraction of sp³-hybridized carbons (Fsp3) is 0.333.